The van der Waals surface area contributed by atoms with Gasteiger partial charge in [0.05, 0.1) is 10.5 Å². The fraction of sp³-hybridized carbons (Fsp3) is 0.0526. The molecule has 0 aliphatic heterocycles. The number of benzene rings is 2. The Morgan fingerprint density at radius 3 is 2.59 bits per heavy atom. The minimum absolute atomic E-state index is 0.0448. The molecule has 0 saturated heterocycles. The monoisotopic (exact) mass is 446 g/mol. The largest absolute Gasteiger partial charge is 0.360 e. The predicted octanol–water partition coefficient (Wildman–Crippen LogP) is 5.87. The maximum absolute atomic E-state index is 12.7. The SMILES string of the molecule is Cc1onc(-c2ccc([N+](=O)[O-])cc2)c1C(=O)/C=C/c1ccc(Br)cc1Cl. The first-order chi connectivity index (χ1) is 12.9. The van der Waals surface area contributed by atoms with Gasteiger partial charge in [0, 0.05) is 27.2 Å². The molecule has 0 N–H and O–H groups in total. The molecule has 1 heterocycles. The van der Waals surface area contributed by atoms with Crippen LogP contribution in [0.1, 0.15) is 21.7 Å². The Morgan fingerprint density at radius 2 is 1.96 bits per heavy atom. The van der Waals surface area contributed by atoms with Crippen molar-refractivity contribution in [1.82, 2.24) is 5.16 Å². The molecule has 0 aliphatic rings. The fourth-order valence-electron chi connectivity index (χ4n) is 2.49. The van der Waals surface area contributed by atoms with Gasteiger partial charge in [-0.25, -0.2) is 0 Å². The van der Waals surface area contributed by atoms with Crippen LogP contribution >= 0.6 is 27.5 Å². The third kappa shape index (κ3) is 4.15. The van der Waals surface area contributed by atoms with Gasteiger partial charge in [0.25, 0.3) is 5.69 Å². The van der Waals surface area contributed by atoms with E-state index < -0.39 is 4.92 Å². The average Bonchev–Trinajstić information content (AvgIpc) is 3.02. The molecule has 1 aromatic heterocycles. The van der Waals surface area contributed by atoms with Crippen LogP contribution in [0.5, 0.6) is 0 Å². The van der Waals surface area contributed by atoms with Crippen LogP contribution in [0, 0.1) is 17.0 Å². The highest BCUT2D eigenvalue weighted by molar-refractivity contribution is 9.10. The summed E-state index contributed by atoms with van der Waals surface area (Å²) in [5.74, 6) is 0.0565. The van der Waals surface area contributed by atoms with E-state index >= 15 is 0 Å². The zero-order chi connectivity index (χ0) is 19.6. The molecular weight excluding hydrogens is 436 g/mol. The van der Waals surface area contributed by atoms with Crippen molar-refractivity contribution in [3.8, 4) is 11.3 Å². The van der Waals surface area contributed by atoms with Gasteiger partial charge in [-0.05, 0) is 48.9 Å². The molecule has 8 heteroatoms. The lowest BCUT2D eigenvalue weighted by atomic mass is 10.0. The van der Waals surface area contributed by atoms with Gasteiger partial charge in [0.2, 0.25) is 0 Å². The van der Waals surface area contributed by atoms with Crippen molar-refractivity contribution in [3.63, 3.8) is 0 Å². The highest BCUT2D eigenvalue weighted by atomic mass is 79.9. The van der Waals surface area contributed by atoms with E-state index in [2.05, 4.69) is 21.1 Å². The van der Waals surface area contributed by atoms with Crippen LogP contribution in [0.4, 0.5) is 5.69 Å². The van der Waals surface area contributed by atoms with Crippen molar-refractivity contribution >= 4 is 45.1 Å². The van der Waals surface area contributed by atoms with E-state index in [-0.39, 0.29) is 11.5 Å². The van der Waals surface area contributed by atoms with Gasteiger partial charge < -0.3 is 4.52 Å². The zero-order valence-corrected chi connectivity index (χ0v) is 16.3. The number of hydrogen-bond acceptors (Lipinski definition) is 5. The molecule has 0 radical (unpaired) electrons. The normalized spacial score (nSPS) is 11.1. The number of nitro groups is 1. The second kappa shape index (κ2) is 7.85. The van der Waals surface area contributed by atoms with Crippen molar-refractivity contribution in [2.45, 2.75) is 6.92 Å². The molecule has 3 aromatic rings. The number of hydrogen-bond donors (Lipinski definition) is 0. The summed E-state index contributed by atoms with van der Waals surface area (Å²) in [5, 5.41) is 15.2. The van der Waals surface area contributed by atoms with E-state index in [1.807, 2.05) is 6.07 Å². The van der Waals surface area contributed by atoms with E-state index in [0.29, 0.717) is 33.2 Å². The zero-order valence-electron chi connectivity index (χ0n) is 14.0. The van der Waals surface area contributed by atoms with E-state index in [9.17, 15) is 14.9 Å². The van der Waals surface area contributed by atoms with Gasteiger partial charge >= 0.3 is 0 Å². The van der Waals surface area contributed by atoms with Crippen LogP contribution in [0.2, 0.25) is 5.02 Å². The lowest BCUT2D eigenvalue weighted by Gasteiger charge is -2.01. The van der Waals surface area contributed by atoms with Crippen molar-refractivity contribution in [2.24, 2.45) is 0 Å². The lowest BCUT2D eigenvalue weighted by Crippen LogP contribution is -1.98. The maximum atomic E-state index is 12.7. The van der Waals surface area contributed by atoms with Crippen molar-refractivity contribution in [1.29, 1.82) is 0 Å². The Bertz CT molecular complexity index is 1060. The molecule has 0 saturated carbocycles. The average molecular weight is 448 g/mol. The van der Waals surface area contributed by atoms with E-state index in [4.69, 9.17) is 16.1 Å². The van der Waals surface area contributed by atoms with E-state index in [1.54, 1.807) is 25.1 Å². The fourth-order valence-corrected chi connectivity index (χ4v) is 3.22. The van der Waals surface area contributed by atoms with Crippen LogP contribution in [0.15, 0.2) is 57.5 Å². The second-order valence-electron chi connectivity index (χ2n) is 5.63. The van der Waals surface area contributed by atoms with Crippen LogP contribution in [0.3, 0.4) is 0 Å². The first kappa shape index (κ1) is 19.0. The Kier molecular flexibility index (Phi) is 5.53. The van der Waals surface area contributed by atoms with E-state index in [0.717, 1.165) is 4.47 Å². The first-order valence-corrected chi connectivity index (χ1v) is 8.92. The number of non-ortho nitro benzene ring substituents is 1. The van der Waals surface area contributed by atoms with Gasteiger partial charge in [-0.1, -0.05) is 38.8 Å². The summed E-state index contributed by atoms with van der Waals surface area (Å²) in [6, 6.07) is 11.1. The minimum Gasteiger partial charge on any atom is -0.360 e. The van der Waals surface area contributed by atoms with Gasteiger partial charge in [0.15, 0.2) is 5.78 Å². The number of ketones is 1. The molecule has 2 aromatic carbocycles. The number of aromatic nitrogens is 1. The number of rotatable bonds is 5. The predicted molar refractivity (Wildman–Crippen MR) is 106 cm³/mol. The molecule has 0 spiro atoms. The summed E-state index contributed by atoms with van der Waals surface area (Å²) in [4.78, 5) is 23.0. The molecule has 0 amide bonds. The summed E-state index contributed by atoms with van der Waals surface area (Å²) < 4.78 is 6.01. The Hall–Kier alpha value is -2.77. The molecule has 0 unspecified atom stereocenters. The number of halogens is 2. The quantitative estimate of drug-likeness (QED) is 0.211. The molecule has 27 heavy (non-hydrogen) atoms. The highest BCUT2D eigenvalue weighted by Gasteiger charge is 2.20. The minimum atomic E-state index is -0.491. The molecule has 0 fully saturated rings. The van der Waals surface area contributed by atoms with Crippen LogP contribution < -0.4 is 0 Å². The third-order valence-corrected chi connectivity index (χ3v) is 4.66. The summed E-state index contributed by atoms with van der Waals surface area (Å²) >= 11 is 9.49. The van der Waals surface area contributed by atoms with Crippen LogP contribution in [-0.4, -0.2) is 15.9 Å². The molecule has 0 atom stereocenters. The van der Waals surface area contributed by atoms with Gasteiger partial charge in [-0.3, -0.25) is 14.9 Å². The number of aryl methyl sites for hydroxylation is 1. The number of carbonyl (C=O) groups excluding carboxylic acids is 1. The summed E-state index contributed by atoms with van der Waals surface area (Å²) in [5.41, 5.74) is 1.83. The van der Waals surface area contributed by atoms with Crippen LogP contribution in [0.25, 0.3) is 17.3 Å². The lowest BCUT2D eigenvalue weighted by molar-refractivity contribution is -0.384. The number of nitrogens with zero attached hydrogens (tertiary/aromatic N) is 2. The molecular formula is C19H12BrClN2O4. The smallest absolute Gasteiger partial charge is 0.269 e. The molecule has 3 rings (SSSR count). The van der Waals surface area contributed by atoms with Crippen LogP contribution in [-0.2, 0) is 0 Å². The molecule has 0 aliphatic carbocycles. The standard InChI is InChI=1S/C19H12BrClN2O4/c1-11-18(17(24)9-5-12-2-6-14(20)10-16(12)21)19(22-27-11)13-3-7-15(8-4-13)23(25)26/h2-10H,1H3/b9-5+. The van der Waals surface area contributed by atoms with Gasteiger partial charge in [-0.15, -0.1) is 0 Å². The Morgan fingerprint density at radius 1 is 1.26 bits per heavy atom. The van der Waals surface area contributed by atoms with Gasteiger partial charge in [0.1, 0.15) is 11.5 Å². The summed E-state index contributed by atoms with van der Waals surface area (Å²) in [7, 11) is 0. The topological polar surface area (TPSA) is 86.2 Å². The first-order valence-electron chi connectivity index (χ1n) is 7.75. The number of allylic oxidation sites excluding steroid dienone is 1. The maximum Gasteiger partial charge on any atom is 0.269 e. The Balaban J connectivity index is 1.92. The summed E-state index contributed by atoms with van der Waals surface area (Å²) in [6.45, 7) is 1.63. The van der Waals surface area contributed by atoms with Crippen molar-refractivity contribution in [3.05, 3.63) is 85.0 Å². The molecule has 0 bridgehead atoms. The molecule has 136 valence electrons. The van der Waals surface area contributed by atoms with Crippen molar-refractivity contribution in [2.75, 3.05) is 0 Å². The van der Waals surface area contributed by atoms with E-state index in [1.165, 1.54) is 30.3 Å². The Labute approximate surface area is 167 Å². The number of nitro benzene ring substituents is 1. The summed E-state index contributed by atoms with van der Waals surface area (Å²) in [6.07, 6.45) is 3.01. The number of carbonyl (C=O) groups is 1. The third-order valence-electron chi connectivity index (χ3n) is 3.84. The second-order valence-corrected chi connectivity index (χ2v) is 6.95. The van der Waals surface area contributed by atoms with Crippen molar-refractivity contribution < 1.29 is 14.2 Å². The molecule has 6 nitrogen and oxygen atoms in total. The highest BCUT2D eigenvalue weighted by Crippen LogP contribution is 2.28. The van der Waals surface area contributed by atoms with Gasteiger partial charge in [-0.2, -0.15) is 0 Å².